The molecule has 1 saturated carbocycles. The predicted octanol–water partition coefficient (Wildman–Crippen LogP) is 7.36. The molecule has 5 nitrogen and oxygen atoms in total. The van der Waals surface area contributed by atoms with Gasteiger partial charge in [-0.05, 0) is 89.3 Å². The highest BCUT2D eigenvalue weighted by molar-refractivity contribution is 7.94. The highest BCUT2D eigenvalue weighted by Crippen LogP contribution is 2.66. The molecule has 6 rings (SSSR count). The average Bonchev–Trinajstić information content (AvgIpc) is 3.73. The minimum absolute atomic E-state index is 0.0764. The summed E-state index contributed by atoms with van der Waals surface area (Å²) in [6, 6.07) is 24.5. The van der Waals surface area contributed by atoms with Gasteiger partial charge in [-0.15, -0.1) is 0 Å². The van der Waals surface area contributed by atoms with E-state index in [1.807, 2.05) is 36.5 Å². The van der Waals surface area contributed by atoms with Gasteiger partial charge in [-0.2, -0.15) is 0 Å². The van der Waals surface area contributed by atoms with Crippen molar-refractivity contribution in [2.45, 2.75) is 48.8 Å². The van der Waals surface area contributed by atoms with Crippen LogP contribution in [0.4, 0.5) is 0 Å². The molecule has 0 bridgehead atoms. The van der Waals surface area contributed by atoms with E-state index in [1.165, 1.54) is 23.6 Å². The zero-order chi connectivity index (χ0) is 29.9. The van der Waals surface area contributed by atoms with Crippen LogP contribution in [0.15, 0.2) is 107 Å². The van der Waals surface area contributed by atoms with Crippen molar-refractivity contribution in [3.05, 3.63) is 119 Å². The fourth-order valence-electron chi connectivity index (χ4n) is 6.60. The van der Waals surface area contributed by atoms with E-state index in [2.05, 4.69) is 56.3 Å². The van der Waals surface area contributed by atoms with Crippen molar-refractivity contribution in [1.29, 1.82) is 0 Å². The molecule has 42 heavy (non-hydrogen) atoms. The standard InChI is InChI=1S/C35H35NO4S2/c1-23(2)27-20-26-9-6-18-36-34(26)32(21-27)24-7-5-8-25(19-24)33-22-35(33,28-10-14-30(15-11-28)41(3,37)38)29-12-16-31(17-13-29)42(4,39)40/h5-12,14-21,23,29,33H,13,22H2,1-4H3. The Hall–Kier alpha value is -3.55. The molecule has 3 atom stereocenters. The van der Waals surface area contributed by atoms with Gasteiger partial charge in [0.2, 0.25) is 0 Å². The Bertz CT molecular complexity index is 1970. The highest BCUT2D eigenvalue weighted by atomic mass is 32.2. The molecule has 216 valence electrons. The number of sulfone groups is 2. The Morgan fingerprint density at radius 1 is 0.881 bits per heavy atom. The van der Waals surface area contributed by atoms with Crippen molar-refractivity contribution in [2.24, 2.45) is 5.92 Å². The summed E-state index contributed by atoms with van der Waals surface area (Å²) >= 11 is 0. The summed E-state index contributed by atoms with van der Waals surface area (Å²) in [7, 11) is -6.61. The van der Waals surface area contributed by atoms with Crippen LogP contribution < -0.4 is 0 Å². The summed E-state index contributed by atoms with van der Waals surface area (Å²) < 4.78 is 48.7. The number of rotatable bonds is 7. The molecule has 2 aliphatic carbocycles. The fraction of sp³-hybridized carbons (Fsp3) is 0.286. The number of benzene rings is 3. The molecule has 4 aromatic rings. The van der Waals surface area contributed by atoms with Crippen LogP contribution in [-0.2, 0) is 25.1 Å². The van der Waals surface area contributed by atoms with Crippen molar-refractivity contribution in [1.82, 2.24) is 4.98 Å². The zero-order valence-corrected chi connectivity index (χ0v) is 25.9. The van der Waals surface area contributed by atoms with Crippen molar-refractivity contribution < 1.29 is 16.8 Å². The Morgan fingerprint density at radius 2 is 1.64 bits per heavy atom. The first kappa shape index (κ1) is 28.6. The van der Waals surface area contributed by atoms with Gasteiger partial charge >= 0.3 is 0 Å². The summed E-state index contributed by atoms with van der Waals surface area (Å²) in [5, 5.41) is 1.12. The Labute approximate surface area is 248 Å². The number of fused-ring (bicyclic) bond motifs is 1. The molecule has 0 aliphatic heterocycles. The van der Waals surface area contributed by atoms with Gasteiger partial charge in [0.15, 0.2) is 19.7 Å². The van der Waals surface area contributed by atoms with E-state index in [4.69, 9.17) is 4.98 Å². The minimum atomic E-state index is -3.32. The van der Waals surface area contributed by atoms with E-state index in [0.29, 0.717) is 22.1 Å². The molecule has 0 amide bonds. The molecular formula is C35H35NO4S2. The lowest BCUT2D eigenvalue weighted by Gasteiger charge is -2.28. The van der Waals surface area contributed by atoms with E-state index in [0.717, 1.165) is 34.0 Å². The molecule has 1 heterocycles. The third kappa shape index (κ3) is 5.13. The molecule has 0 N–H and O–H groups in total. The van der Waals surface area contributed by atoms with E-state index >= 15 is 0 Å². The van der Waals surface area contributed by atoms with Gasteiger partial charge in [-0.3, -0.25) is 4.98 Å². The van der Waals surface area contributed by atoms with Gasteiger partial charge in [0.05, 0.1) is 15.3 Å². The Balaban J connectivity index is 1.43. The number of aromatic nitrogens is 1. The molecule has 3 unspecified atom stereocenters. The molecule has 0 radical (unpaired) electrons. The second-order valence-corrected chi connectivity index (χ2v) is 16.1. The summed E-state index contributed by atoms with van der Waals surface area (Å²) in [4.78, 5) is 5.39. The monoisotopic (exact) mass is 597 g/mol. The zero-order valence-electron chi connectivity index (χ0n) is 24.3. The maximum Gasteiger partial charge on any atom is 0.175 e. The number of hydrogen-bond donors (Lipinski definition) is 0. The van der Waals surface area contributed by atoms with Gasteiger partial charge in [0, 0.05) is 35.1 Å². The predicted molar refractivity (Wildman–Crippen MR) is 170 cm³/mol. The topological polar surface area (TPSA) is 81.2 Å². The number of nitrogens with zero attached hydrogens (tertiary/aromatic N) is 1. The van der Waals surface area contributed by atoms with Crippen LogP contribution in [0.1, 0.15) is 55.2 Å². The van der Waals surface area contributed by atoms with Gasteiger partial charge in [-0.1, -0.05) is 68.5 Å². The average molecular weight is 598 g/mol. The second kappa shape index (κ2) is 10.3. The summed E-state index contributed by atoms with van der Waals surface area (Å²) in [6.07, 6.45) is 11.4. The Kier molecular flexibility index (Phi) is 7.02. The van der Waals surface area contributed by atoms with Crippen LogP contribution in [0.3, 0.4) is 0 Å². The third-order valence-corrected chi connectivity index (χ3v) is 11.3. The molecule has 7 heteroatoms. The fourth-order valence-corrected chi connectivity index (χ4v) is 7.95. The minimum Gasteiger partial charge on any atom is -0.256 e. The smallest absolute Gasteiger partial charge is 0.175 e. The van der Waals surface area contributed by atoms with Crippen molar-refractivity contribution in [3.63, 3.8) is 0 Å². The van der Waals surface area contributed by atoms with Crippen LogP contribution in [-0.4, -0.2) is 34.3 Å². The summed E-state index contributed by atoms with van der Waals surface area (Å²) in [5.74, 6) is 0.648. The molecule has 3 aromatic carbocycles. The SMILES string of the molecule is CC(C)c1cc(-c2cccc(C3CC3(c3ccc(S(C)(=O)=O)cc3)C3C=CC(S(C)(=O)=O)=CC3)c2)c2ncccc2c1. The molecule has 2 aliphatic rings. The first-order valence-corrected chi connectivity index (χ1v) is 18.0. The molecule has 1 fully saturated rings. The second-order valence-electron chi connectivity index (χ2n) is 12.1. The quantitative estimate of drug-likeness (QED) is 0.222. The van der Waals surface area contributed by atoms with E-state index in [1.54, 1.807) is 18.2 Å². The lowest BCUT2D eigenvalue weighted by atomic mass is 9.76. The largest absolute Gasteiger partial charge is 0.256 e. The molecule has 0 spiro atoms. The first-order chi connectivity index (χ1) is 19.9. The van der Waals surface area contributed by atoms with Gasteiger partial charge < -0.3 is 0 Å². The van der Waals surface area contributed by atoms with Crippen LogP contribution in [0.2, 0.25) is 0 Å². The van der Waals surface area contributed by atoms with Gasteiger partial charge in [0.1, 0.15) is 0 Å². The van der Waals surface area contributed by atoms with Crippen LogP contribution in [0.5, 0.6) is 0 Å². The first-order valence-electron chi connectivity index (χ1n) is 14.3. The van der Waals surface area contributed by atoms with Crippen LogP contribution in [0.25, 0.3) is 22.0 Å². The lowest BCUT2D eigenvalue weighted by molar-refractivity contribution is 0.476. The summed E-state index contributed by atoms with van der Waals surface area (Å²) in [6.45, 7) is 4.40. The lowest BCUT2D eigenvalue weighted by Crippen LogP contribution is -2.23. The van der Waals surface area contributed by atoms with Crippen LogP contribution >= 0.6 is 0 Å². The van der Waals surface area contributed by atoms with Gasteiger partial charge in [-0.25, -0.2) is 16.8 Å². The number of hydrogen-bond acceptors (Lipinski definition) is 5. The van der Waals surface area contributed by atoms with Crippen LogP contribution in [0, 0.1) is 5.92 Å². The number of allylic oxidation sites excluding steroid dienone is 3. The van der Waals surface area contributed by atoms with E-state index < -0.39 is 19.7 Å². The molecule has 0 saturated heterocycles. The van der Waals surface area contributed by atoms with Crippen molar-refractivity contribution in [3.8, 4) is 11.1 Å². The number of pyridine rings is 1. The van der Waals surface area contributed by atoms with Gasteiger partial charge in [0.25, 0.3) is 0 Å². The van der Waals surface area contributed by atoms with Crippen molar-refractivity contribution >= 4 is 30.6 Å². The van der Waals surface area contributed by atoms with E-state index in [9.17, 15) is 16.8 Å². The highest BCUT2D eigenvalue weighted by Gasteiger charge is 2.59. The maximum absolute atomic E-state index is 12.2. The molecule has 1 aromatic heterocycles. The third-order valence-electron chi connectivity index (χ3n) is 8.97. The maximum atomic E-state index is 12.2. The normalized spacial score (nSPS) is 22.4. The van der Waals surface area contributed by atoms with Crippen molar-refractivity contribution in [2.75, 3.05) is 12.5 Å². The van der Waals surface area contributed by atoms with E-state index in [-0.39, 0.29) is 17.3 Å². The Morgan fingerprint density at radius 3 is 2.29 bits per heavy atom. The molecular weight excluding hydrogens is 563 g/mol. The summed E-state index contributed by atoms with van der Waals surface area (Å²) in [5.41, 5.74) is 6.49.